The van der Waals surface area contributed by atoms with Crippen molar-refractivity contribution in [1.29, 1.82) is 0 Å². The van der Waals surface area contributed by atoms with Crippen LogP contribution in [-0.4, -0.2) is 17.0 Å². The number of hydrogen-bond acceptors (Lipinski definition) is 6. The van der Waals surface area contributed by atoms with Gasteiger partial charge >= 0.3 is 0 Å². The monoisotopic (exact) mass is 343 g/mol. The molecule has 0 spiro atoms. The summed E-state index contributed by atoms with van der Waals surface area (Å²) in [5.41, 5.74) is 2.09. The average Bonchev–Trinajstić information content (AvgIpc) is 3.23. The second-order valence-electron chi connectivity index (χ2n) is 5.35. The van der Waals surface area contributed by atoms with E-state index < -0.39 is 0 Å². The molecule has 3 aromatic rings. The number of nitrogens with one attached hydrogen (secondary N) is 1. The Bertz CT molecular complexity index is 851. The van der Waals surface area contributed by atoms with Gasteiger partial charge in [-0.25, -0.2) is 4.39 Å². The van der Waals surface area contributed by atoms with Crippen LogP contribution in [0.25, 0.3) is 0 Å². The number of benzene rings is 2. The van der Waals surface area contributed by atoms with Gasteiger partial charge in [-0.1, -0.05) is 29.5 Å². The van der Waals surface area contributed by atoms with Crippen LogP contribution in [0, 0.1) is 5.82 Å². The lowest BCUT2D eigenvalue weighted by atomic mass is 10.2. The van der Waals surface area contributed by atoms with Crippen LogP contribution in [-0.2, 0) is 13.0 Å². The maximum atomic E-state index is 12.9. The lowest BCUT2D eigenvalue weighted by Gasteiger charge is -2.03. The Morgan fingerprint density at radius 3 is 2.67 bits per heavy atom. The molecule has 122 valence electrons. The fraction of sp³-hybridized carbons (Fsp3) is 0.176. The highest BCUT2D eigenvalue weighted by atomic mass is 32.1. The van der Waals surface area contributed by atoms with E-state index in [2.05, 4.69) is 15.5 Å². The Kier molecular flexibility index (Phi) is 4.00. The van der Waals surface area contributed by atoms with E-state index in [9.17, 15) is 4.39 Å². The van der Waals surface area contributed by atoms with Crippen molar-refractivity contribution >= 4 is 16.5 Å². The van der Waals surface area contributed by atoms with E-state index in [0.717, 1.165) is 32.8 Å². The van der Waals surface area contributed by atoms with Crippen molar-refractivity contribution in [1.82, 2.24) is 10.2 Å². The first-order chi connectivity index (χ1) is 11.8. The Morgan fingerprint density at radius 1 is 1.00 bits per heavy atom. The van der Waals surface area contributed by atoms with Crippen molar-refractivity contribution in [3.05, 3.63) is 64.4 Å². The van der Waals surface area contributed by atoms with Crippen molar-refractivity contribution in [3.63, 3.8) is 0 Å². The average molecular weight is 343 g/mol. The molecular weight excluding hydrogens is 329 g/mol. The molecule has 1 aliphatic rings. The van der Waals surface area contributed by atoms with Crippen molar-refractivity contribution in [2.45, 2.75) is 13.0 Å². The zero-order valence-corrected chi connectivity index (χ0v) is 13.5. The van der Waals surface area contributed by atoms with Gasteiger partial charge in [0.25, 0.3) is 0 Å². The van der Waals surface area contributed by atoms with Crippen LogP contribution in [0.5, 0.6) is 11.5 Å². The second kappa shape index (κ2) is 6.45. The van der Waals surface area contributed by atoms with Gasteiger partial charge in [0.1, 0.15) is 10.8 Å². The van der Waals surface area contributed by atoms with E-state index in [0.29, 0.717) is 13.0 Å². The third-order valence-electron chi connectivity index (χ3n) is 3.62. The first kappa shape index (κ1) is 14.9. The van der Waals surface area contributed by atoms with E-state index in [1.807, 2.05) is 18.2 Å². The Labute approximate surface area is 142 Å². The molecule has 2 aromatic carbocycles. The lowest BCUT2D eigenvalue weighted by molar-refractivity contribution is 0.174. The van der Waals surface area contributed by atoms with Crippen LogP contribution < -0.4 is 14.8 Å². The molecule has 7 heteroatoms. The number of aromatic nitrogens is 2. The number of halogens is 1. The van der Waals surface area contributed by atoms with Crippen LogP contribution in [0.15, 0.2) is 42.5 Å². The number of nitrogens with zero attached hydrogens (tertiary/aromatic N) is 2. The zero-order chi connectivity index (χ0) is 16.4. The summed E-state index contributed by atoms with van der Waals surface area (Å²) in [6, 6.07) is 12.3. The first-order valence-electron chi connectivity index (χ1n) is 7.45. The quantitative estimate of drug-likeness (QED) is 0.767. The topological polar surface area (TPSA) is 56.3 Å². The second-order valence-corrected chi connectivity index (χ2v) is 6.41. The Hall–Kier alpha value is -2.67. The normalized spacial score (nSPS) is 12.4. The highest BCUT2D eigenvalue weighted by Gasteiger charge is 2.13. The number of fused-ring (bicyclic) bond motifs is 1. The van der Waals surface area contributed by atoms with E-state index in [1.54, 1.807) is 12.1 Å². The summed E-state index contributed by atoms with van der Waals surface area (Å²) in [6.07, 6.45) is 0.643. The SMILES string of the molecule is Fc1ccc(Cc2nnc(NCc3ccc4c(c3)OCO4)s2)cc1. The largest absolute Gasteiger partial charge is 0.454 e. The van der Waals surface area contributed by atoms with Crippen LogP contribution in [0.4, 0.5) is 9.52 Å². The molecule has 1 aromatic heterocycles. The van der Waals surface area contributed by atoms with Gasteiger partial charge in [-0.2, -0.15) is 0 Å². The van der Waals surface area contributed by atoms with Gasteiger partial charge in [-0.15, -0.1) is 10.2 Å². The van der Waals surface area contributed by atoms with E-state index in [1.165, 1.54) is 23.5 Å². The van der Waals surface area contributed by atoms with Gasteiger partial charge < -0.3 is 14.8 Å². The summed E-state index contributed by atoms with van der Waals surface area (Å²) >= 11 is 1.49. The molecule has 0 saturated heterocycles. The number of anilines is 1. The van der Waals surface area contributed by atoms with Crippen molar-refractivity contribution in [2.24, 2.45) is 0 Å². The molecule has 0 atom stereocenters. The molecule has 0 saturated carbocycles. The molecule has 0 radical (unpaired) electrons. The molecule has 24 heavy (non-hydrogen) atoms. The Balaban J connectivity index is 1.37. The van der Waals surface area contributed by atoms with E-state index in [4.69, 9.17) is 9.47 Å². The zero-order valence-electron chi connectivity index (χ0n) is 12.7. The fourth-order valence-electron chi connectivity index (χ4n) is 2.40. The third kappa shape index (κ3) is 3.30. The number of ether oxygens (including phenoxy) is 2. The van der Waals surface area contributed by atoms with Gasteiger partial charge in [-0.3, -0.25) is 0 Å². The minimum absolute atomic E-state index is 0.234. The maximum Gasteiger partial charge on any atom is 0.231 e. The molecule has 5 nitrogen and oxygen atoms in total. The molecule has 0 bridgehead atoms. The molecule has 1 aliphatic heterocycles. The summed E-state index contributed by atoms with van der Waals surface area (Å²) in [5, 5.41) is 13.2. The van der Waals surface area contributed by atoms with Gasteiger partial charge in [0.2, 0.25) is 11.9 Å². The molecule has 1 N–H and O–H groups in total. The van der Waals surface area contributed by atoms with E-state index >= 15 is 0 Å². The molecule has 4 rings (SSSR count). The predicted molar refractivity (Wildman–Crippen MR) is 89.0 cm³/mol. The van der Waals surface area contributed by atoms with E-state index in [-0.39, 0.29) is 12.6 Å². The summed E-state index contributed by atoms with van der Waals surface area (Å²) in [7, 11) is 0. The van der Waals surface area contributed by atoms with Crippen LogP contribution in [0.2, 0.25) is 0 Å². The third-order valence-corrected chi connectivity index (χ3v) is 4.50. The van der Waals surface area contributed by atoms with Crippen molar-refractivity contribution in [2.75, 3.05) is 12.1 Å². The highest BCUT2D eigenvalue weighted by Crippen LogP contribution is 2.32. The number of rotatable bonds is 5. The molecule has 0 unspecified atom stereocenters. The van der Waals surface area contributed by atoms with Crippen molar-refractivity contribution in [3.8, 4) is 11.5 Å². The summed E-state index contributed by atoms with van der Waals surface area (Å²) < 4.78 is 23.6. The molecule has 0 amide bonds. The van der Waals surface area contributed by atoms with Crippen LogP contribution >= 0.6 is 11.3 Å². The first-order valence-corrected chi connectivity index (χ1v) is 8.27. The van der Waals surface area contributed by atoms with Gasteiger partial charge in [-0.05, 0) is 35.4 Å². The smallest absolute Gasteiger partial charge is 0.231 e. The van der Waals surface area contributed by atoms with Crippen molar-refractivity contribution < 1.29 is 13.9 Å². The fourth-order valence-corrected chi connectivity index (χ4v) is 3.17. The van der Waals surface area contributed by atoms with Gasteiger partial charge in [0.05, 0.1) is 0 Å². The summed E-state index contributed by atoms with van der Waals surface area (Å²) in [4.78, 5) is 0. The lowest BCUT2D eigenvalue weighted by Crippen LogP contribution is -1.98. The van der Waals surface area contributed by atoms with Gasteiger partial charge in [0, 0.05) is 13.0 Å². The summed E-state index contributed by atoms with van der Waals surface area (Å²) in [6.45, 7) is 0.900. The minimum atomic E-state index is -0.234. The maximum absolute atomic E-state index is 12.9. The highest BCUT2D eigenvalue weighted by molar-refractivity contribution is 7.15. The van der Waals surface area contributed by atoms with Gasteiger partial charge in [0.15, 0.2) is 11.5 Å². The predicted octanol–water partition coefficient (Wildman–Crippen LogP) is 3.61. The molecule has 2 heterocycles. The minimum Gasteiger partial charge on any atom is -0.454 e. The van der Waals surface area contributed by atoms with Crippen LogP contribution in [0.1, 0.15) is 16.1 Å². The molecular formula is C17H14FN3O2S. The number of hydrogen-bond donors (Lipinski definition) is 1. The Morgan fingerprint density at radius 2 is 1.79 bits per heavy atom. The molecule has 0 aliphatic carbocycles. The standard InChI is InChI=1S/C17H14FN3O2S/c18-13-4-1-11(2-5-13)8-16-20-21-17(24-16)19-9-12-3-6-14-15(7-12)23-10-22-14/h1-7H,8-10H2,(H,19,21). The van der Waals surface area contributed by atoms with Crippen LogP contribution in [0.3, 0.4) is 0 Å². The summed E-state index contributed by atoms with van der Waals surface area (Å²) in [5.74, 6) is 1.31. The molecule has 0 fully saturated rings.